The van der Waals surface area contributed by atoms with E-state index in [1.54, 1.807) is 6.07 Å². The average Bonchev–Trinajstić information content (AvgIpc) is 2.85. The standard InChI is InChI=1S/C24H30O4/c1-15(2)8-6-9-16(3)10-7-13-24(5)17(4)21-22(26)19-12-11-18(25)14-20(19)27-23(21)28-24/h8,10-12,14,17,25H,6-7,9,13H2,1-5H3/b16-10+/t17-,24+/m1/s1. The normalized spacial score (nSPS) is 21.5. The van der Waals surface area contributed by atoms with Crippen LogP contribution < -0.4 is 10.2 Å². The third kappa shape index (κ3) is 4.01. The molecule has 4 heteroatoms. The van der Waals surface area contributed by atoms with Crippen LogP contribution in [0.3, 0.4) is 0 Å². The SMILES string of the molecule is CC(C)=CCC/C(C)=C/CC[C@]1(C)Oc2oc3cc(O)ccc3c(=O)c2[C@H]1C. The van der Waals surface area contributed by atoms with Gasteiger partial charge >= 0.3 is 0 Å². The van der Waals surface area contributed by atoms with Gasteiger partial charge in [-0.3, -0.25) is 4.79 Å². The molecule has 0 unspecified atom stereocenters. The maximum Gasteiger partial charge on any atom is 0.293 e. The Kier molecular flexibility index (Phi) is 5.69. The minimum Gasteiger partial charge on any atom is -0.508 e. The number of allylic oxidation sites excluding steroid dienone is 4. The summed E-state index contributed by atoms with van der Waals surface area (Å²) < 4.78 is 12.0. The Hall–Kier alpha value is -2.49. The molecule has 0 saturated carbocycles. The Morgan fingerprint density at radius 1 is 1.21 bits per heavy atom. The zero-order chi connectivity index (χ0) is 20.5. The van der Waals surface area contributed by atoms with Crippen LogP contribution >= 0.6 is 0 Å². The number of hydrogen-bond acceptors (Lipinski definition) is 4. The fourth-order valence-electron chi connectivity index (χ4n) is 3.79. The Labute approximate surface area is 166 Å². The van der Waals surface area contributed by atoms with Crippen molar-refractivity contribution in [2.75, 3.05) is 0 Å². The van der Waals surface area contributed by atoms with Gasteiger partial charge < -0.3 is 14.3 Å². The molecule has 150 valence electrons. The molecule has 28 heavy (non-hydrogen) atoms. The molecule has 2 heterocycles. The van der Waals surface area contributed by atoms with Crippen molar-refractivity contribution in [2.45, 2.75) is 71.8 Å². The van der Waals surface area contributed by atoms with Gasteiger partial charge in [-0.1, -0.05) is 30.2 Å². The molecule has 0 bridgehead atoms. The second-order valence-corrected chi connectivity index (χ2v) is 8.36. The van der Waals surface area contributed by atoms with Crippen molar-refractivity contribution >= 4 is 11.0 Å². The lowest BCUT2D eigenvalue weighted by molar-refractivity contribution is 0.0637. The topological polar surface area (TPSA) is 59.7 Å². The van der Waals surface area contributed by atoms with Crippen LogP contribution in [-0.4, -0.2) is 10.7 Å². The lowest BCUT2D eigenvalue weighted by Crippen LogP contribution is -2.33. The molecule has 0 radical (unpaired) electrons. The Balaban J connectivity index is 1.76. The average molecular weight is 383 g/mol. The van der Waals surface area contributed by atoms with Crippen LogP contribution in [0.15, 0.2) is 50.7 Å². The van der Waals surface area contributed by atoms with E-state index in [0.29, 0.717) is 22.5 Å². The van der Waals surface area contributed by atoms with E-state index in [0.717, 1.165) is 25.7 Å². The summed E-state index contributed by atoms with van der Waals surface area (Å²) in [6.07, 6.45) is 8.36. The first-order valence-electron chi connectivity index (χ1n) is 9.99. The van der Waals surface area contributed by atoms with Crippen LogP contribution in [0.1, 0.15) is 71.8 Å². The van der Waals surface area contributed by atoms with Gasteiger partial charge in [0.2, 0.25) is 0 Å². The Morgan fingerprint density at radius 3 is 2.68 bits per heavy atom. The third-order valence-corrected chi connectivity index (χ3v) is 5.78. The van der Waals surface area contributed by atoms with E-state index in [-0.39, 0.29) is 17.1 Å². The molecule has 1 aromatic heterocycles. The second-order valence-electron chi connectivity index (χ2n) is 8.36. The molecule has 0 aliphatic carbocycles. The molecule has 3 rings (SSSR count). The van der Waals surface area contributed by atoms with Gasteiger partial charge in [-0.15, -0.1) is 0 Å². The number of benzene rings is 1. The molecule has 1 aliphatic rings. The third-order valence-electron chi connectivity index (χ3n) is 5.78. The van der Waals surface area contributed by atoms with Crippen molar-refractivity contribution in [3.63, 3.8) is 0 Å². The fourth-order valence-corrected chi connectivity index (χ4v) is 3.79. The summed E-state index contributed by atoms with van der Waals surface area (Å²) in [4.78, 5) is 12.9. The first-order valence-corrected chi connectivity index (χ1v) is 9.99. The van der Waals surface area contributed by atoms with Crippen LogP contribution in [0.4, 0.5) is 0 Å². The summed E-state index contributed by atoms with van der Waals surface area (Å²) in [7, 11) is 0. The largest absolute Gasteiger partial charge is 0.508 e. The van der Waals surface area contributed by atoms with Crippen LogP contribution in [0.25, 0.3) is 11.0 Å². The van der Waals surface area contributed by atoms with E-state index < -0.39 is 5.60 Å². The minimum absolute atomic E-state index is 0.0590. The molecule has 2 aromatic rings. The summed E-state index contributed by atoms with van der Waals surface area (Å²) >= 11 is 0. The maximum atomic E-state index is 12.9. The molecule has 1 aliphatic heterocycles. The molecular weight excluding hydrogens is 352 g/mol. The van der Waals surface area contributed by atoms with Crippen molar-refractivity contribution in [3.05, 3.63) is 57.3 Å². The first-order chi connectivity index (χ1) is 13.2. The second kappa shape index (κ2) is 7.86. The number of phenolic OH excluding ortho intramolecular Hbond substituents is 1. The molecule has 2 atom stereocenters. The predicted octanol–water partition coefficient (Wildman–Crippen LogP) is 6.23. The summed E-state index contributed by atoms with van der Waals surface area (Å²) in [5.74, 6) is 0.303. The van der Waals surface area contributed by atoms with Crippen LogP contribution in [0.2, 0.25) is 0 Å². The summed E-state index contributed by atoms with van der Waals surface area (Å²) in [5.41, 5.74) is 3.13. The van der Waals surface area contributed by atoms with Gasteiger partial charge in [0.25, 0.3) is 5.95 Å². The van der Waals surface area contributed by atoms with Gasteiger partial charge in [-0.2, -0.15) is 0 Å². The molecule has 0 spiro atoms. The Morgan fingerprint density at radius 2 is 1.96 bits per heavy atom. The lowest BCUT2D eigenvalue weighted by Gasteiger charge is -2.27. The number of ether oxygens (including phenoxy) is 1. The van der Waals surface area contributed by atoms with E-state index in [1.165, 1.54) is 23.3 Å². The maximum absolute atomic E-state index is 12.9. The first kappa shape index (κ1) is 20.2. The van der Waals surface area contributed by atoms with Gasteiger partial charge in [-0.25, -0.2) is 0 Å². The minimum atomic E-state index is -0.485. The Bertz CT molecular complexity index is 992. The van der Waals surface area contributed by atoms with Gasteiger partial charge in [0.15, 0.2) is 5.43 Å². The molecule has 4 nitrogen and oxygen atoms in total. The predicted molar refractivity (Wildman–Crippen MR) is 113 cm³/mol. The highest BCUT2D eigenvalue weighted by Gasteiger charge is 2.45. The summed E-state index contributed by atoms with van der Waals surface area (Å²) in [6, 6.07) is 4.57. The highest BCUT2D eigenvalue weighted by atomic mass is 16.6. The van der Waals surface area contributed by atoms with Gasteiger partial charge in [0.1, 0.15) is 16.9 Å². The number of rotatable bonds is 6. The van der Waals surface area contributed by atoms with E-state index in [2.05, 4.69) is 32.9 Å². The van der Waals surface area contributed by atoms with Crippen LogP contribution in [0, 0.1) is 0 Å². The van der Waals surface area contributed by atoms with Crippen LogP contribution in [0.5, 0.6) is 11.7 Å². The van der Waals surface area contributed by atoms with Crippen molar-refractivity contribution in [3.8, 4) is 11.7 Å². The number of aromatic hydroxyl groups is 1. The molecule has 0 saturated heterocycles. The molecule has 0 fully saturated rings. The monoisotopic (exact) mass is 382 g/mol. The van der Waals surface area contributed by atoms with Gasteiger partial charge in [-0.05, 0) is 65.5 Å². The fraction of sp³-hybridized carbons (Fsp3) is 0.458. The zero-order valence-electron chi connectivity index (χ0n) is 17.5. The molecule has 1 N–H and O–H groups in total. The van der Waals surface area contributed by atoms with Crippen molar-refractivity contribution in [2.24, 2.45) is 0 Å². The van der Waals surface area contributed by atoms with E-state index >= 15 is 0 Å². The number of fused-ring (bicyclic) bond motifs is 2. The molecule has 0 amide bonds. The smallest absolute Gasteiger partial charge is 0.293 e. The van der Waals surface area contributed by atoms with Crippen molar-refractivity contribution in [1.29, 1.82) is 0 Å². The van der Waals surface area contributed by atoms with E-state index in [9.17, 15) is 9.90 Å². The molecule has 1 aromatic carbocycles. The highest BCUT2D eigenvalue weighted by molar-refractivity contribution is 5.79. The summed E-state index contributed by atoms with van der Waals surface area (Å²) in [5, 5.41) is 10.1. The number of phenols is 1. The number of hydrogen-bond donors (Lipinski definition) is 1. The van der Waals surface area contributed by atoms with Crippen LogP contribution in [-0.2, 0) is 0 Å². The van der Waals surface area contributed by atoms with E-state index in [1.807, 2.05) is 13.8 Å². The van der Waals surface area contributed by atoms with Crippen molar-refractivity contribution in [1.82, 2.24) is 0 Å². The van der Waals surface area contributed by atoms with E-state index in [4.69, 9.17) is 9.15 Å². The quantitative estimate of drug-likeness (QED) is 0.602. The summed E-state index contributed by atoms with van der Waals surface area (Å²) in [6.45, 7) is 10.5. The zero-order valence-corrected chi connectivity index (χ0v) is 17.5. The highest BCUT2D eigenvalue weighted by Crippen LogP contribution is 2.46. The van der Waals surface area contributed by atoms with Gasteiger partial charge in [0, 0.05) is 12.0 Å². The van der Waals surface area contributed by atoms with Crippen molar-refractivity contribution < 1.29 is 14.3 Å². The van der Waals surface area contributed by atoms with Gasteiger partial charge in [0.05, 0.1) is 10.9 Å². The lowest BCUT2D eigenvalue weighted by atomic mass is 9.83. The molecular formula is C24H30O4.